The maximum atomic E-state index is 12.5. The van der Waals surface area contributed by atoms with Crippen molar-refractivity contribution in [2.75, 3.05) is 44.2 Å². The van der Waals surface area contributed by atoms with E-state index >= 15 is 0 Å². The van der Waals surface area contributed by atoms with Gasteiger partial charge in [0.2, 0.25) is 5.91 Å². The molecule has 2 aromatic rings. The lowest BCUT2D eigenvalue weighted by Crippen LogP contribution is -2.49. The van der Waals surface area contributed by atoms with Crippen molar-refractivity contribution >= 4 is 17.5 Å². The van der Waals surface area contributed by atoms with Crippen LogP contribution in [0.25, 0.3) is 5.78 Å². The second kappa shape index (κ2) is 6.95. The third-order valence-electron chi connectivity index (χ3n) is 5.25. The lowest BCUT2D eigenvalue weighted by atomic mass is 10.0. The van der Waals surface area contributed by atoms with Crippen LogP contribution in [0.4, 0.5) is 5.82 Å². The molecule has 8 heteroatoms. The lowest BCUT2D eigenvalue weighted by molar-refractivity contribution is -0.131. The molecule has 0 aromatic carbocycles. The van der Waals surface area contributed by atoms with E-state index < -0.39 is 0 Å². The van der Waals surface area contributed by atoms with E-state index in [9.17, 15) is 4.79 Å². The van der Waals surface area contributed by atoms with Crippen molar-refractivity contribution in [2.45, 2.75) is 26.2 Å². The van der Waals surface area contributed by atoms with Gasteiger partial charge in [0, 0.05) is 44.4 Å². The molecular weight excluding hydrogens is 318 g/mol. The van der Waals surface area contributed by atoms with Crippen LogP contribution in [0.5, 0.6) is 0 Å². The Bertz CT molecular complexity index is 745. The summed E-state index contributed by atoms with van der Waals surface area (Å²) < 4.78 is 1.78. The highest BCUT2D eigenvalue weighted by Crippen LogP contribution is 2.19. The molecule has 0 radical (unpaired) electrons. The van der Waals surface area contributed by atoms with E-state index in [-0.39, 0.29) is 0 Å². The largest absolute Gasteiger partial charge is 0.353 e. The Morgan fingerprint density at radius 3 is 2.92 bits per heavy atom. The molecule has 0 saturated carbocycles. The fourth-order valence-electron chi connectivity index (χ4n) is 3.77. The lowest BCUT2D eigenvalue weighted by Gasteiger charge is -2.36. The molecule has 1 N–H and O–H groups in total. The molecule has 1 amide bonds. The van der Waals surface area contributed by atoms with Gasteiger partial charge in [-0.1, -0.05) is 0 Å². The van der Waals surface area contributed by atoms with E-state index in [4.69, 9.17) is 0 Å². The van der Waals surface area contributed by atoms with Crippen LogP contribution >= 0.6 is 0 Å². The zero-order valence-electron chi connectivity index (χ0n) is 14.7. The first-order valence-electron chi connectivity index (χ1n) is 9.11. The number of fused-ring (bicyclic) bond motifs is 1. The Balaban J connectivity index is 1.36. The summed E-state index contributed by atoms with van der Waals surface area (Å²) >= 11 is 0. The van der Waals surface area contributed by atoms with Gasteiger partial charge in [0.1, 0.15) is 12.1 Å². The Morgan fingerprint density at radius 2 is 2.16 bits per heavy atom. The van der Waals surface area contributed by atoms with E-state index in [0.717, 1.165) is 57.2 Å². The number of amides is 1. The summed E-state index contributed by atoms with van der Waals surface area (Å²) in [4.78, 5) is 25.3. The number of carbonyl (C=O) groups excluding carboxylic acids is 1. The molecule has 134 valence electrons. The van der Waals surface area contributed by atoms with Crippen LogP contribution in [0.3, 0.4) is 0 Å². The third-order valence-corrected chi connectivity index (χ3v) is 5.25. The minimum atomic E-state index is 0.295. The molecule has 1 atom stereocenters. The minimum Gasteiger partial charge on any atom is -0.353 e. The molecule has 2 saturated heterocycles. The summed E-state index contributed by atoms with van der Waals surface area (Å²) in [5.74, 6) is 2.59. The van der Waals surface area contributed by atoms with Gasteiger partial charge in [-0.15, -0.1) is 0 Å². The van der Waals surface area contributed by atoms with Crippen molar-refractivity contribution in [2.24, 2.45) is 5.92 Å². The van der Waals surface area contributed by atoms with Gasteiger partial charge >= 0.3 is 0 Å². The van der Waals surface area contributed by atoms with Crippen LogP contribution in [0.1, 0.15) is 25.0 Å². The van der Waals surface area contributed by atoms with Crippen LogP contribution < -0.4 is 10.2 Å². The zero-order chi connectivity index (χ0) is 17.2. The van der Waals surface area contributed by atoms with Gasteiger partial charge in [-0.05, 0) is 38.8 Å². The number of nitrogens with zero attached hydrogens (tertiary/aromatic N) is 6. The van der Waals surface area contributed by atoms with Crippen molar-refractivity contribution in [3.63, 3.8) is 0 Å². The molecule has 0 aliphatic carbocycles. The maximum absolute atomic E-state index is 12.5. The monoisotopic (exact) mass is 343 g/mol. The van der Waals surface area contributed by atoms with E-state index in [0.29, 0.717) is 24.0 Å². The molecule has 4 heterocycles. The van der Waals surface area contributed by atoms with Crippen molar-refractivity contribution in [1.29, 1.82) is 0 Å². The molecule has 1 unspecified atom stereocenters. The summed E-state index contributed by atoms with van der Waals surface area (Å²) in [5.41, 5.74) is 0.930. The van der Waals surface area contributed by atoms with Crippen LogP contribution in [-0.4, -0.2) is 69.7 Å². The zero-order valence-corrected chi connectivity index (χ0v) is 14.7. The predicted molar refractivity (Wildman–Crippen MR) is 94.5 cm³/mol. The summed E-state index contributed by atoms with van der Waals surface area (Å²) in [6.45, 7) is 7.29. The first-order valence-corrected chi connectivity index (χ1v) is 9.11. The Labute approximate surface area is 147 Å². The average molecular weight is 343 g/mol. The van der Waals surface area contributed by atoms with Crippen molar-refractivity contribution < 1.29 is 4.79 Å². The minimum absolute atomic E-state index is 0.295. The Morgan fingerprint density at radius 1 is 1.32 bits per heavy atom. The first-order chi connectivity index (χ1) is 12.2. The Hall–Kier alpha value is -2.22. The van der Waals surface area contributed by atoms with Crippen molar-refractivity contribution in [3.05, 3.63) is 18.1 Å². The second-order valence-electron chi connectivity index (χ2n) is 6.99. The number of anilines is 1. The van der Waals surface area contributed by atoms with Gasteiger partial charge in [0.15, 0.2) is 0 Å². The number of hydrogen-bond acceptors (Lipinski definition) is 6. The molecule has 4 rings (SSSR count). The van der Waals surface area contributed by atoms with Gasteiger partial charge in [0.25, 0.3) is 5.78 Å². The summed E-state index contributed by atoms with van der Waals surface area (Å²) in [5, 5.41) is 7.64. The summed E-state index contributed by atoms with van der Waals surface area (Å²) in [6, 6.07) is 2.03. The molecule has 0 bridgehead atoms. The number of hydrogen-bond donors (Lipinski definition) is 1. The van der Waals surface area contributed by atoms with Crippen molar-refractivity contribution in [3.8, 4) is 0 Å². The molecule has 2 aliphatic heterocycles. The third kappa shape index (κ3) is 3.44. The van der Waals surface area contributed by atoms with Crippen LogP contribution in [0.15, 0.2) is 12.4 Å². The van der Waals surface area contributed by atoms with Gasteiger partial charge < -0.3 is 15.1 Å². The highest BCUT2D eigenvalue weighted by atomic mass is 16.2. The predicted octanol–water partition coefficient (Wildman–Crippen LogP) is 0.471. The maximum Gasteiger partial charge on any atom is 0.254 e. The van der Waals surface area contributed by atoms with E-state index in [2.05, 4.69) is 25.3 Å². The van der Waals surface area contributed by atoms with Gasteiger partial charge in [0.05, 0.1) is 0 Å². The molecule has 0 spiro atoms. The van der Waals surface area contributed by atoms with Gasteiger partial charge in [-0.2, -0.15) is 14.6 Å². The van der Waals surface area contributed by atoms with Crippen LogP contribution in [-0.2, 0) is 4.79 Å². The van der Waals surface area contributed by atoms with Gasteiger partial charge in [-0.3, -0.25) is 4.79 Å². The molecule has 2 aliphatic rings. The number of nitrogens with one attached hydrogen (secondary N) is 1. The smallest absolute Gasteiger partial charge is 0.254 e. The number of aromatic nitrogens is 4. The standard InChI is InChI=1S/C17H25N7O/c1-13-10-15(24-17(21-13)19-12-20-24)22-6-8-23(9-7-22)16(25)3-2-14-4-5-18-11-14/h10,12,14,18H,2-9,11H2,1H3. The number of piperazine rings is 1. The van der Waals surface area contributed by atoms with Gasteiger partial charge in [-0.25, -0.2) is 4.98 Å². The molecule has 8 nitrogen and oxygen atoms in total. The topological polar surface area (TPSA) is 78.7 Å². The molecular formula is C17H25N7O. The molecule has 2 aromatic heterocycles. The van der Waals surface area contributed by atoms with Crippen LogP contribution in [0, 0.1) is 12.8 Å². The number of rotatable bonds is 4. The summed E-state index contributed by atoms with van der Waals surface area (Å²) in [7, 11) is 0. The first kappa shape index (κ1) is 16.3. The van der Waals surface area contributed by atoms with E-state index in [1.54, 1.807) is 4.52 Å². The second-order valence-corrected chi connectivity index (χ2v) is 6.99. The summed E-state index contributed by atoms with van der Waals surface area (Å²) in [6.07, 6.45) is 4.42. The fourth-order valence-corrected chi connectivity index (χ4v) is 3.77. The van der Waals surface area contributed by atoms with E-state index in [1.807, 2.05) is 17.9 Å². The van der Waals surface area contributed by atoms with Crippen LogP contribution in [0.2, 0.25) is 0 Å². The van der Waals surface area contributed by atoms with Crippen molar-refractivity contribution in [1.82, 2.24) is 29.8 Å². The normalized spacial score (nSPS) is 21.2. The highest BCUT2D eigenvalue weighted by molar-refractivity contribution is 5.76. The fraction of sp³-hybridized carbons (Fsp3) is 0.647. The Kier molecular flexibility index (Phi) is 4.52. The quantitative estimate of drug-likeness (QED) is 0.869. The highest BCUT2D eigenvalue weighted by Gasteiger charge is 2.24. The average Bonchev–Trinajstić information content (AvgIpc) is 3.30. The number of carbonyl (C=O) groups is 1. The SMILES string of the molecule is Cc1cc(N2CCN(C(=O)CCC3CCNC3)CC2)n2ncnc2n1. The number of aryl methyl sites for hydroxylation is 1. The molecule has 25 heavy (non-hydrogen) atoms. The molecule has 2 fully saturated rings. The van der Waals surface area contributed by atoms with E-state index in [1.165, 1.54) is 12.7 Å².